The maximum Gasteiger partial charge on any atom is 0.264 e. The van der Waals surface area contributed by atoms with Crippen molar-refractivity contribution in [3.63, 3.8) is 0 Å². The summed E-state index contributed by atoms with van der Waals surface area (Å²) in [4.78, 5) is 28.8. The molecule has 2 amide bonds. The number of nitrogens with zero attached hydrogens (tertiary/aromatic N) is 2. The van der Waals surface area contributed by atoms with Gasteiger partial charge in [0.15, 0.2) is 0 Å². The van der Waals surface area contributed by atoms with Crippen LogP contribution in [0.1, 0.15) is 44.2 Å². The molecule has 0 saturated carbocycles. The number of anilines is 1. The standard InChI is InChI=1S/C31H37Cl2N3O4S/c1-4-6-20-34-31(38)27(5-2)35(21-19-24-11-8-7-9-12-24)29(37)22-36(28-14-10-13-26(32)30(28)33)41(39,40)25-17-15-23(3)16-18-25/h7-18,27H,4-6,19-22H2,1-3H3,(H,34,38). The van der Waals surface area contributed by atoms with E-state index < -0.39 is 28.5 Å². The molecule has 220 valence electrons. The Bertz CT molecular complexity index is 1420. The van der Waals surface area contributed by atoms with Crippen LogP contribution in [-0.4, -0.2) is 50.8 Å². The van der Waals surface area contributed by atoms with Gasteiger partial charge in [-0.05, 0) is 56.0 Å². The lowest BCUT2D eigenvalue weighted by atomic mass is 10.1. The van der Waals surface area contributed by atoms with Gasteiger partial charge in [0.25, 0.3) is 10.0 Å². The lowest BCUT2D eigenvalue weighted by molar-refractivity contribution is -0.139. The lowest BCUT2D eigenvalue weighted by Crippen LogP contribution is -2.53. The van der Waals surface area contributed by atoms with Crippen molar-refractivity contribution >= 4 is 50.7 Å². The first-order valence-corrected chi connectivity index (χ1v) is 15.9. The van der Waals surface area contributed by atoms with E-state index in [4.69, 9.17) is 23.2 Å². The number of carbonyl (C=O) groups excluding carboxylic acids is 2. The van der Waals surface area contributed by atoms with Crippen LogP contribution in [0, 0.1) is 6.92 Å². The van der Waals surface area contributed by atoms with Crippen molar-refractivity contribution in [2.45, 2.75) is 57.4 Å². The number of amides is 2. The molecule has 41 heavy (non-hydrogen) atoms. The number of carbonyl (C=O) groups is 2. The fourth-order valence-corrected chi connectivity index (χ4v) is 6.31. The molecule has 0 spiro atoms. The van der Waals surface area contributed by atoms with E-state index >= 15 is 0 Å². The van der Waals surface area contributed by atoms with E-state index in [9.17, 15) is 18.0 Å². The highest BCUT2D eigenvalue weighted by molar-refractivity contribution is 7.92. The van der Waals surface area contributed by atoms with E-state index in [1.165, 1.54) is 23.1 Å². The third-order valence-corrected chi connectivity index (χ3v) is 9.37. The summed E-state index contributed by atoms with van der Waals surface area (Å²) in [7, 11) is -4.23. The molecule has 0 heterocycles. The zero-order valence-corrected chi connectivity index (χ0v) is 26.0. The van der Waals surface area contributed by atoms with E-state index in [0.717, 1.165) is 28.3 Å². The number of hydrogen-bond donors (Lipinski definition) is 1. The van der Waals surface area contributed by atoms with Gasteiger partial charge in [0.2, 0.25) is 11.8 Å². The molecule has 7 nitrogen and oxygen atoms in total. The predicted octanol–water partition coefficient (Wildman–Crippen LogP) is 6.26. The number of hydrogen-bond acceptors (Lipinski definition) is 4. The molecule has 0 aliphatic rings. The van der Waals surface area contributed by atoms with Gasteiger partial charge in [0, 0.05) is 13.1 Å². The van der Waals surface area contributed by atoms with Crippen LogP contribution in [0.2, 0.25) is 10.0 Å². The SMILES string of the molecule is CCCCNC(=O)C(CC)N(CCc1ccccc1)C(=O)CN(c1cccc(Cl)c1Cl)S(=O)(=O)c1ccc(C)cc1. The molecule has 10 heteroatoms. The minimum atomic E-state index is -4.23. The number of sulfonamides is 1. The molecule has 1 N–H and O–H groups in total. The number of halogens is 2. The van der Waals surface area contributed by atoms with Crippen LogP contribution in [0.3, 0.4) is 0 Å². The van der Waals surface area contributed by atoms with Gasteiger partial charge in [-0.1, -0.05) is 97.6 Å². The summed E-state index contributed by atoms with van der Waals surface area (Å²) in [6.45, 7) is 5.88. The van der Waals surface area contributed by atoms with Crippen LogP contribution in [-0.2, 0) is 26.0 Å². The average molecular weight is 619 g/mol. The van der Waals surface area contributed by atoms with Gasteiger partial charge < -0.3 is 10.2 Å². The van der Waals surface area contributed by atoms with Gasteiger partial charge in [-0.3, -0.25) is 13.9 Å². The molecule has 0 fully saturated rings. The Labute approximate surface area is 253 Å². The quantitative estimate of drug-likeness (QED) is 0.216. The van der Waals surface area contributed by atoms with E-state index in [2.05, 4.69) is 5.32 Å². The molecule has 1 atom stereocenters. The fourth-order valence-electron chi connectivity index (χ4n) is 4.44. The van der Waals surface area contributed by atoms with Gasteiger partial charge in [0.05, 0.1) is 20.6 Å². The first kappa shape index (κ1) is 32.4. The maximum atomic E-state index is 14.1. The molecule has 0 saturated heterocycles. The van der Waals surface area contributed by atoms with Crippen LogP contribution in [0.4, 0.5) is 5.69 Å². The monoisotopic (exact) mass is 617 g/mol. The molecule has 3 rings (SSSR count). The summed E-state index contributed by atoms with van der Waals surface area (Å²) in [5, 5.41) is 3.10. The Morgan fingerprint density at radius 3 is 2.24 bits per heavy atom. The third-order valence-electron chi connectivity index (χ3n) is 6.79. The Hall–Kier alpha value is -3.07. The zero-order valence-electron chi connectivity index (χ0n) is 23.6. The number of benzene rings is 3. The Morgan fingerprint density at radius 1 is 0.927 bits per heavy atom. The normalized spacial score (nSPS) is 12.0. The molecule has 0 aliphatic carbocycles. The molecule has 3 aromatic carbocycles. The van der Waals surface area contributed by atoms with E-state index in [1.54, 1.807) is 24.3 Å². The summed E-state index contributed by atoms with van der Waals surface area (Å²) in [6, 6.07) is 19.8. The Morgan fingerprint density at radius 2 is 1.61 bits per heavy atom. The predicted molar refractivity (Wildman–Crippen MR) is 166 cm³/mol. The lowest BCUT2D eigenvalue weighted by Gasteiger charge is -2.33. The van der Waals surface area contributed by atoms with Gasteiger partial charge in [-0.25, -0.2) is 8.42 Å². The van der Waals surface area contributed by atoms with Crippen molar-refractivity contribution in [1.29, 1.82) is 0 Å². The highest BCUT2D eigenvalue weighted by atomic mass is 35.5. The number of rotatable bonds is 14. The van der Waals surface area contributed by atoms with Crippen LogP contribution in [0.25, 0.3) is 0 Å². The van der Waals surface area contributed by atoms with Gasteiger partial charge in [-0.2, -0.15) is 0 Å². The summed E-state index contributed by atoms with van der Waals surface area (Å²) in [6.07, 6.45) is 2.59. The van der Waals surface area contributed by atoms with Gasteiger partial charge >= 0.3 is 0 Å². The van der Waals surface area contributed by atoms with Crippen molar-refractivity contribution < 1.29 is 18.0 Å². The fraction of sp³-hybridized carbons (Fsp3) is 0.355. The average Bonchev–Trinajstić information content (AvgIpc) is 2.96. The molecule has 0 bridgehead atoms. The molecular weight excluding hydrogens is 581 g/mol. The molecular formula is C31H37Cl2N3O4S. The van der Waals surface area contributed by atoms with Crippen LogP contribution in [0.15, 0.2) is 77.7 Å². The summed E-state index contributed by atoms with van der Waals surface area (Å²) in [5.41, 5.74) is 1.96. The van der Waals surface area contributed by atoms with Crippen molar-refractivity contribution in [3.05, 3.63) is 94.0 Å². The number of unbranched alkanes of at least 4 members (excludes halogenated alkanes) is 1. The Balaban J connectivity index is 2.02. The number of aryl methyl sites for hydroxylation is 1. The maximum absolute atomic E-state index is 14.1. The minimum Gasteiger partial charge on any atom is -0.354 e. The second-order valence-corrected chi connectivity index (χ2v) is 12.4. The van der Waals surface area contributed by atoms with Crippen LogP contribution in [0.5, 0.6) is 0 Å². The topological polar surface area (TPSA) is 86.8 Å². The third kappa shape index (κ3) is 8.47. The zero-order chi connectivity index (χ0) is 30.0. The summed E-state index contributed by atoms with van der Waals surface area (Å²) < 4.78 is 28.9. The van der Waals surface area contributed by atoms with Crippen molar-refractivity contribution in [2.24, 2.45) is 0 Å². The highest BCUT2D eigenvalue weighted by Crippen LogP contribution is 2.35. The van der Waals surface area contributed by atoms with E-state index in [1.807, 2.05) is 51.1 Å². The second-order valence-electron chi connectivity index (χ2n) is 9.79. The summed E-state index contributed by atoms with van der Waals surface area (Å²) >= 11 is 12.8. The molecule has 0 radical (unpaired) electrons. The first-order valence-electron chi connectivity index (χ1n) is 13.7. The van der Waals surface area contributed by atoms with Gasteiger partial charge in [-0.15, -0.1) is 0 Å². The second kappa shape index (κ2) is 15.2. The molecule has 1 unspecified atom stereocenters. The number of nitrogens with one attached hydrogen (secondary N) is 1. The Kier molecular flexibility index (Phi) is 12.1. The first-order chi connectivity index (χ1) is 19.6. The van der Waals surface area contributed by atoms with Gasteiger partial charge in [0.1, 0.15) is 12.6 Å². The minimum absolute atomic E-state index is 0.00660. The largest absolute Gasteiger partial charge is 0.354 e. The molecule has 0 aromatic heterocycles. The summed E-state index contributed by atoms with van der Waals surface area (Å²) in [5.74, 6) is -0.791. The van der Waals surface area contributed by atoms with Crippen molar-refractivity contribution in [1.82, 2.24) is 10.2 Å². The van der Waals surface area contributed by atoms with Crippen LogP contribution < -0.4 is 9.62 Å². The highest BCUT2D eigenvalue weighted by Gasteiger charge is 2.34. The van der Waals surface area contributed by atoms with Crippen LogP contribution >= 0.6 is 23.2 Å². The smallest absolute Gasteiger partial charge is 0.264 e. The van der Waals surface area contributed by atoms with E-state index in [0.29, 0.717) is 19.4 Å². The van der Waals surface area contributed by atoms with E-state index in [-0.39, 0.29) is 33.1 Å². The molecule has 3 aromatic rings. The van der Waals surface area contributed by atoms with Crippen molar-refractivity contribution in [3.8, 4) is 0 Å². The molecule has 0 aliphatic heterocycles. The van der Waals surface area contributed by atoms with Crippen molar-refractivity contribution in [2.75, 3.05) is 23.9 Å².